The van der Waals surface area contributed by atoms with E-state index in [4.69, 9.17) is 9.47 Å². The summed E-state index contributed by atoms with van der Waals surface area (Å²) in [7, 11) is 3.60. The van der Waals surface area contributed by atoms with Crippen molar-refractivity contribution in [2.75, 3.05) is 20.8 Å². The summed E-state index contributed by atoms with van der Waals surface area (Å²) >= 11 is 0. The van der Waals surface area contributed by atoms with Gasteiger partial charge in [0.2, 0.25) is 0 Å². The number of fused-ring (bicyclic) bond motifs is 1. The molecule has 1 aromatic carbocycles. The van der Waals surface area contributed by atoms with Crippen LogP contribution in [0, 0.1) is 0 Å². The van der Waals surface area contributed by atoms with Crippen molar-refractivity contribution in [3.05, 3.63) is 29.3 Å². The number of aryl methyl sites for hydroxylation is 1. The molecule has 2 rings (SSSR count). The minimum atomic E-state index is -0.203. The fraction of sp³-hybridized carbons (Fsp3) is 0.562. The van der Waals surface area contributed by atoms with Gasteiger partial charge in [-0.2, -0.15) is 0 Å². The van der Waals surface area contributed by atoms with Gasteiger partial charge in [-0.15, -0.1) is 0 Å². The molecule has 4 nitrogen and oxygen atoms in total. The van der Waals surface area contributed by atoms with Gasteiger partial charge in [0.15, 0.2) is 0 Å². The Morgan fingerprint density at radius 3 is 2.85 bits per heavy atom. The van der Waals surface area contributed by atoms with E-state index >= 15 is 0 Å². The van der Waals surface area contributed by atoms with Crippen molar-refractivity contribution in [3.63, 3.8) is 0 Å². The van der Waals surface area contributed by atoms with Gasteiger partial charge in [0.1, 0.15) is 5.75 Å². The number of benzene rings is 1. The standard InChI is InChI=1S/C16H23NO3/c1-4-20-15(18)11-16(17-2)8-7-12-5-6-14(19-3)9-13(12)10-16/h5-6,9,17H,4,7-8,10-11H2,1-3H3. The first-order valence-electron chi connectivity index (χ1n) is 7.13. The largest absolute Gasteiger partial charge is 0.497 e. The molecular formula is C16H23NO3. The lowest BCUT2D eigenvalue weighted by molar-refractivity contribution is -0.145. The Hall–Kier alpha value is -1.55. The van der Waals surface area contributed by atoms with Crippen molar-refractivity contribution in [3.8, 4) is 5.75 Å². The van der Waals surface area contributed by atoms with E-state index < -0.39 is 0 Å². The third-order valence-electron chi connectivity index (χ3n) is 4.13. The molecule has 1 aliphatic carbocycles. The molecule has 0 fully saturated rings. The quantitative estimate of drug-likeness (QED) is 0.837. The van der Waals surface area contributed by atoms with Crippen LogP contribution >= 0.6 is 0 Å². The van der Waals surface area contributed by atoms with Gasteiger partial charge in [0.05, 0.1) is 20.1 Å². The van der Waals surface area contributed by atoms with Gasteiger partial charge >= 0.3 is 5.97 Å². The Bertz CT molecular complexity index is 487. The Labute approximate surface area is 120 Å². The summed E-state index contributed by atoms with van der Waals surface area (Å²) in [4.78, 5) is 11.8. The fourth-order valence-electron chi connectivity index (χ4n) is 2.91. The van der Waals surface area contributed by atoms with E-state index in [1.165, 1.54) is 11.1 Å². The summed E-state index contributed by atoms with van der Waals surface area (Å²) in [5.41, 5.74) is 2.40. The van der Waals surface area contributed by atoms with Crippen LogP contribution in [0.3, 0.4) is 0 Å². The number of hydrogen-bond donors (Lipinski definition) is 1. The van der Waals surface area contributed by atoms with Gasteiger partial charge in [-0.1, -0.05) is 6.07 Å². The monoisotopic (exact) mass is 277 g/mol. The van der Waals surface area contributed by atoms with E-state index in [1.54, 1.807) is 7.11 Å². The van der Waals surface area contributed by atoms with Gasteiger partial charge in [0, 0.05) is 5.54 Å². The highest BCUT2D eigenvalue weighted by Gasteiger charge is 2.35. The summed E-state index contributed by atoms with van der Waals surface area (Å²) < 4.78 is 10.4. The molecule has 0 saturated carbocycles. The zero-order valence-electron chi connectivity index (χ0n) is 12.5. The lowest BCUT2D eigenvalue weighted by Gasteiger charge is -2.37. The van der Waals surface area contributed by atoms with E-state index in [0.29, 0.717) is 13.0 Å². The number of ether oxygens (including phenoxy) is 2. The van der Waals surface area contributed by atoms with Gasteiger partial charge in [0.25, 0.3) is 0 Å². The molecule has 0 aliphatic heterocycles. The molecule has 1 unspecified atom stereocenters. The molecule has 4 heteroatoms. The Morgan fingerprint density at radius 1 is 1.40 bits per heavy atom. The highest BCUT2D eigenvalue weighted by atomic mass is 16.5. The molecule has 1 atom stereocenters. The average molecular weight is 277 g/mol. The molecule has 0 aromatic heterocycles. The molecule has 110 valence electrons. The highest BCUT2D eigenvalue weighted by molar-refractivity contribution is 5.71. The van der Waals surface area contributed by atoms with Gasteiger partial charge < -0.3 is 14.8 Å². The topological polar surface area (TPSA) is 47.6 Å². The SMILES string of the molecule is CCOC(=O)CC1(NC)CCc2ccc(OC)cc2C1. The molecule has 20 heavy (non-hydrogen) atoms. The van der Waals surface area contributed by atoms with Crippen molar-refractivity contribution < 1.29 is 14.3 Å². The van der Waals surface area contributed by atoms with Crippen LogP contribution in [0.5, 0.6) is 5.75 Å². The van der Waals surface area contributed by atoms with Crippen molar-refractivity contribution in [1.82, 2.24) is 5.32 Å². The second kappa shape index (κ2) is 6.27. The smallest absolute Gasteiger partial charge is 0.307 e. The van der Waals surface area contributed by atoms with Crippen LogP contribution in [0.25, 0.3) is 0 Å². The van der Waals surface area contributed by atoms with Crippen molar-refractivity contribution in [2.45, 2.75) is 38.1 Å². The molecule has 1 aliphatic rings. The van der Waals surface area contributed by atoms with E-state index in [2.05, 4.69) is 17.4 Å². The van der Waals surface area contributed by atoms with Gasteiger partial charge in [-0.3, -0.25) is 4.79 Å². The van der Waals surface area contributed by atoms with E-state index in [0.717, 1.165) is 25.0 Å². The lowest BCUT2D eigenvalue weighted by atomic mass is 9.76. The van der Waals surface area contributed by atoms with Crippen LogP contribution in [0.1, 0.15) is 30.9 Å². The maximum atomic E-state index is 11.8. The number of methoxy groups -OCH3 is 1. The van der Waals surface area contributed by atoms with E-state index in [1.807, 2.05) is 20.0 Å². The van der Waals surface area contributed by atoms with Gasteiger partial charge in [-0.25, -0.2) is 0 Å². The van der Waals surface area contributed by atoms with Crippen molar-refractivity contribution in [2.24, 2.45) is 0 Å². The number of carbonyl (C=O) groups excluding carboxylic acids is 1. The summed E-state index contributed by atoms with van der Waals surface area (Å²) in [6.07, 6.45) is 3.16. The molecular weight excluding hydrogens is 254 g/mol. The molecule has 1 N–H and O–H groups in total. The molecule has 0 heterocycles. The van der Waals surface area contributed by atoms with E-state index in [-0.39, 0.29) is 11.5 Å². The number of carbonyl (C=O) groups is 1. The third-order valence-corrected chi connectivity index (χ3v) is 4.13. The molecule has 0 saturated heterocycles. The zero-order valence-corrected chi connectivity index (χ0v) is 12.5. The number of hydrogen-bond acceptors (Lipinski definition) is 4. The zero-order chi connectivity index (χ0) is 14.6. The normalized spacial score (nSPS) is 21.1. The summed E-state index contributed by atoms with van der Waals surface area (Å²) in [5, 5.41) is 3.34. The average Bonchev–Trinajstić information content (AvgIpc) is 2.46. The maximum absolute atomic E-state index is 11.8. The van der Waals surface area contributed by atoms with Crippen LogP contribution in [-0.2, 0) is 22.4 Å². The van der Waals surface area contributed by atoms with Gasteiger partial charge in [-0.05, 0) is 56.5 Å². The first-order valence-corrected chi connectivity index (χ1v) is 7.13. The first kappa shape index (κ1) is 14.9. The molecule has 0 amide bonds. The maximum Gasteiger partial charge on any atom is 0.307 e. The molecule has 0 spiro atoms. The summed E-state index contributed by atoms with van der Waals surface area (Å²) in [6, 6.07) is 6.19. The number of likely N-dealkylation sites (N-methyl/N-ethyl adjacent to an activating group) is 1. The first-order chi connectivity index (χ1) is 9.62. The van der Waals surface area contributed by atoms with Crippen molar-refractivity contribution in [1.29, 1.82) is 0 Å². The Balaban J connectivity index is 2.19. The predicted molar refractivity (Wildman–Crippen MR) is 78.1 cm³/mol. The molecule has 0 bridgehead atoms. The Morgan fingerprint density at radius 2 is 2.20 bits per heavy atom. The Kier molecular flexibility index (Phi) is 4.65. The summed E-state index contributed by atoms with van der Waals surface area (Å²) in [5.74, 6) is 0.736. The third kappa shape index (κ3) is 3.12. The lowest BCUT2D eigenvalue weighted by Crippen LogP contribution is -2.49. The number of rotatable bonds is 5. The second-order valence-corrected chi connectivity index (χ2v) is 5.32. The number of nitrogens with one attached hydrogen (secondary N) is 1. The van der Waals surface area contributed by atoms with Crippen LogP contribution in [0.2, 0.25) is 0 Å². The molecule has 1 aromatic rings. The van der Waals surface area contributed by atoms with E-state index in [9.17, 15) is 4.79 Å². The second-order valence-electron chi connectivity index (χ2n) is 5.32. The fourth-order valence-corrected chi connectivity index (χ4v) is 2.91. The van der Waals surface area contributed by atoms with Crippen molar-refractivity contribution >= 4 is 5.97 Å². The minimum Gasteiger partial charge on any atom is -0.497 e. The number of esters is 1. The van der Waals surface area contributed by atoms with Crippen LogP contribution in [0.4, 0.5) is 0 Å². The highest BCUT2D eigenvalue weighted by Crippen LogP contribution is 2.33. The minimum absolute atomic E-state index is 0.131. The van der Waals surface area contributed by atoms with Crippen LogP contribution in [0.15, 0.2) is 18.2 Å². The predicted octanol–water partition coefficient (Wildman–Crippen LogP) is 2.10. The van der Waals surface area contributed by atoms with Crippen LogP contribution < -0.4 is 10.1 Å². The molecule has 0 radical (unpaired) electrons. The van der Waals surface area contributed by atoms with Crippen LogP contribution in [-0.4, -0.2) is 32.3 Å². The summed E-state index contributed by atoms with van der Waals surface area (Å²) in [6.45, 7) is 2.27.